The minimum absolute atomic E-state index is 0.0508. The van der Waals surface area contributed by atoms with Gasteiger partial charge in [-0.15, -0.1) is 11.3 Å². The van der Waals surface area contributed by atoms with Crippen LogP contribution in [0.4, 0.5) is 0 Å². The number of aromatic nitrogens is 2. The summed E-state index contributed by atoms with van der Waals surface area (Å²) in [7, 11) is 3.16. The lowest BCUT2D eigenvalue weighted by Crippen LogP contribution is -2.18. The average molecular weight is 403 g/mol. The van der Waals surface area contributed by atoms with Gasteiger partial charge in [-0.3, -0.25) is 9.36 Å². The number of hydrogen-bond acceptors (Lipinski definition) is 7. The molecule has 0 radical (unpaired) electrons. The van der Waals surface area contributed by atoms with Gasteiger partial charge in [0, 0.05) is 24.8 Å². The highest BCUT2D eigenvalue weighted by Crippen LogP contribution is 2.37. The number of benzene rings is 1. The van der Waals surface area contributed by atoms with Crippen LogP contribution in [0.15, 0.2) is 24.5 Å². The number of imidazole rings is 1. The third-order valence-corrected chi connectivity index (χ3v) is 5.78. The van der Waals surface area contributed by atoms with Crippen LogP contribution in [0.25, 0.3) is 16.0 Å². The van der Waals surface area contributed by atoms with Crippen molar-refractivity contribution in [2.24, 2.45) is 5.73 Å². The van der Waals surface area contributed by atoms with E-state index in [4.69, 9.17) is 24.7 Å². The summed E-state index contributed by atoms with van der Waals surface area (Å²) in [5.74, 6) is 1.13. The number of primary amides is 1. The van der Waals surface area contributed by atoms with E-state index in [0.717, 1.165) is 35.5 Å². The Morgan fingerprint density at radius 3 is 2.75 bits per heavy atom. The van der Waals surface area contributed by atoms with Gasteiger partial charge in [0.1, 0.15) is 28.6 Å². The molecule has 8 nitrogen and oxygen atoms in total. The first-order valence-corrected chi connectivity index (χ1v) is 9.70. The molecule has 28 heavy (non-hydrogen) atoms. The summed E-state index contributed by atoms with van der Waals surface area (Å²) < 4.78 is 24.0. The normalized spacial score (nSPS) is 16.4. The van der Waals surface area contributed by atoms with Gasteiger partial charge in [0.2, 0.25) is 0 Å². The maximum Gasteiger partial charge on any atom is 0.262 e. The average Bonchev–Trinajstić information content (AvgIpc) is 3.43. The maximum absolute atomic E-state index is 11.9. The molecule has 9 heteroatoms. The highest BCUT2D eigenvalue weighted by Gasteiger charge is 2.21. The van der Waals surface area contributed by atoms with Crippen molar-refractivity contribution >= 4 is 28.3 Å². The van der Waals surface area contributed by atoms with Crippen molar-refractivity contribution in [3.05, 3.63) is 29.4 Å². The molecule has 1 amide bonds. The third kappa shape index (κ3) is 3.38. The minimum atomic E-state index is -0.526. The van der Waals surface area contributed by atoms with Gasteiger partial charge in [-0.25, -0.2) is 4.98 Å². The first-order chi connectivity index (χ1) is 13.6. The molecule has 1 fully saturated rings. The predicted molar refractivity (Wildman–Crippen MR) is 105 cm³/mol. The molecule has 0 bridgehead atoms. The van der Waals surface area contributed by atoms with Crippen LogP contribution in [0.2, 0.25) is 0 Å². The van der Waals surface area contributed by atoms with Crippen molar-refractivity contribution in [1.82, 2.24) is 9.55 Å². The van der Waals surface area contributed by atoms with E-state index in [1.54, 1.807) is 26.6 Å². The number of carbonyl (C=O) groups is 1. The standard InChI is InChI=1S/C19H21N3O5S/c1-24-14-6-12-13(7-15(14)25-2)22(10-21-12)17-8-16(18(28-17)19(20)23)27-9-11-4-3-5-26-11/h6-8,10-11H,3-5,9H2,1-2H3,(H2,20,23)/t11-/m0/s1. The number of rotatable bonds is 7. The van der Waals surface area contributed by atoms with E-state index in [1.165, 1.54) is 11.3 Å². The summed E-state index contributed by atoms with van der Waals surface area (Å²) in [5.41, 5.74) is 7.12. The third-order valence-electron chi connectivity index (χ3n) is 4.65. The summed E-state index contributed by atoms with van der Waals surface area (Å²) >= 11 is 1.26. The molecule has 3 heterocycles. The van der Waals surface area contributed by atoms with E-state index < -0.39 is 5.91 Å². The first-order valence-electron chi connectivity index (χ1n) is 8.88. The quantitative estimate of drug-likeness (QED) is 0.651. The predicted octanol–water partition coefficient (Wildman–Crippen LogP) is 2.76. The van der Waals surface area contributed by atoms with Crippen molar-refractivity contribution in [2.45, 2.75) is 18.9 Å². The van der Waals surface area contributed by atoms with Crippen molar-refractivity contribution in [3.8, 4) is 22.2 Å². The number of carbonyl (C=O) groups excluding carboxylic acids is 1. The number of fused-ring (bicyclic) bond motifs is 1. The van der Waals surface area contributed by atoms with Crippen LogP contribution in [-0.2, 0) is 4.74 Å². The smallest absolute Gasteiger partial charge is 0.262 e. The molecular weight excluding hydrogens is 382 g/mol. The fourth-order valence-corrected chi connectivity index (χ4v) is 4.17. The van der Waals surface area contributed by atoms with E-state index in [0.29, 0.717) is 28.7 Å². The molecule has 4 rings (SSSR count). The molecule has 1 saturated heterocycles. The van der Waals surface area contributed by atoms with E-state index >= 15 is 0 Å². The Hall–Kier alpha value is -2.78. The summed E-state index contributed by atoms with van der Waals surface area (Å²) in [6.45, 7) is 1.14. The van der Waals surface area contributed by atoms with E-state index in [9.17, 15) is 4.79 Å². The molecular formula is C19H21N3O5S. The molecule has 3 aromatic rings. The van der Waals surface area contributed by atoms with Crippen LogP contribution in [0, 0.1) is 0 Å². The summed E-state index contributed by atoms with van der Waals surface area (Å²) in [4.78, 5) is 16.7. The lowest BCUT2D eigenvalue weighted by Gasteiger charge is -2.10. The molecule has 1 aromatic carbocycles. The van der Waals surface area contributed by atoms with E-state index in [1.807, 2.05) is 16.7 Å². The molecule has 0 saturated carbocycles. The van der Waals surface area contributed by atoms with Gasteiger partial charge in [-0.2, -0.15) is 0 Å². The molecule has 0 unspecified atom stereocenters. The van der Waals surface area contributed by atoms with Gasteiger partial charge in [-0.1, -0.05) is 0 Å². The van der Waals surface area contributed by atoms with Crippen LogP contribution >= 0.6 is 11.3 Å². The SMILES string of the molecule is COc1cc2ncn(-c3cc(OC[C@@H]4CCCO4)c(C(N)=O)s3)c2cc1OC. The molecule has 1 atom stereocenters. The number of methoxy groups -OCH3 is 2. The number of ether oxygens (including phenoxy) is 4. The van der Waals surface area contributed by atoms with E-state index in [2.05, 4.69) is 4.98 Å². The maximum atomic E-state index is 11.9. The number of nitrogens with two attached hydrogens (primary N) is 1. The molecule has 2 aromatic heterocycles. The summed E-state index contributed by atoms with van der Waals surface area (Å²) in [6.07, 6.45) is 3.72. The fourth-order valence-electron chi connectivity index (χ4n) is 3.23. The first kappa shape index (κ1) is 18.6. The fraction of sp³-hybridized carbons (Fsp3) is 0.368. The largest absolute Gasteiger partial charge is 0.493 e. The van der Waals surface area contributed by atoms with Crippen LogP contribution < -0.4 is 19.9 Å². The Labute approximate surface area is 165 Å². The Morgan fingerprint density at radius 2 is 2.07 bits per heavy atom. The monoisotopic (exact) mass is 403 g/mol. The van der Waals surface area contributed by atoms with Crippen LogP contribution in [0.5, 0.6) is 17.2 Å². The number of nitrogens with zero attached hydrogens (tertiary/aromatic N) is 2. The minimum Gasteiger partial charge on any atom is -0.493 e. The Morgan fingerprint density at radius 1 is 1.29 bits per heavy atom. The van der Waals surface area contributed by atoms with Crippen LogP contribution in [0.3, 0.4) is 0 Å². The van der Waals surface area contributed by atoms with Gasteiger partial charge in [-0.05, 0) is 12.8 Å². The lowest BCUT2D eigenvalue weighted by atomic mass is 10.2. The highest BCUT2D eigenvalue weighted by atomic mass is 32.1. The zero-order valence-corrected chi connectivity index (χ0v) is 16.5. The van der Waals surface area contributed by atoms with Gasteiger partial charge in [0.15, 0.2) is 11.5 Å². The van der Waals surface area contributed by atoms with Gasteiger partial charge in [0.05, 0.1) is 31.4 Å². The van der Waals surface area contributed by atoms with Gasteiger partial charge >= 0.3 is 0 Å². The van der Waals surface area contributed by atoms with Gasteiger partial charge in [0.25, 0.3) is 5.91 Å². The lowest BCUT2D eigenvalue weighted by molar-refractivity contribution is 0.0674. The molecule has 148 valence electrons. The highest BCUT2D eigenvalue weighted by molar-refractivity contribution is 7.16. The Balaban J connectivity index is 1.70. The zero-order valence-electron chi connectivity index (χ0n) is 15.6. The second kappa shape index (κ2) is 7.69. The zero-order chi connectivity index (χ0) is 19.7. The van der Waals surface area contributed by atoms with Crippen molar-refractivity contribution in [1.29, 1.82) is 0 Å². The Kier molecular flexibility index (Phi) is 5.10. The summed E-state index contributed by atoms with van der Waals surface area (Å²) in [5, 5.41) is 0.769. The number of hydrogen-bond donors (Lipinski definition) is 1. The molecule has 1 aliphatic rings. The van der Waals surface area contributed by atoms with Gasteiger partial charge < -0.3 is 24.7 Å². The van der Waals surface area contributed by atoms with Crippen molar-refractivity contribution < 1.29 is 23.7 Å². The summed E-state index contributed by atoms with van der Waals surface area (Å²) in [6, 6.07) is 5.46. The number of amides is 1. The molecule has 1 aliphatic heterocycles. The second-order valence-electron chi connectivity index (χ2n) is 6.40. The molecule has 2 N–H and O–H groups in total. The van der Waals surface area contributed by atoms with E-state index in [-0.39, 0.29) is 6.10 Å². The number of thiophene rings is 1. The van der Waals surface area contributed by atoms with Crippen molar-refractivity contribution in [2.75, 3.05) is 27.4 Å². The van der Waals surface area contributed by atoms with Crippen LogP contribution in [-0.4, -0.2) is 49.0 Å². The topological polar surface area (TPSA) is 97.8 Å². The Bertz CT molecular complexity index is 1010. The van der Waals surface area contributed by atoms with Crippen LogP contribution in [0.1, 0.15) is 22.5 Å². The second-order valence-corrected chi connectivity index (χ2v) is 7.43. The molecule has 0 aliphatic carbocycles. The van der Waals surface area contributed by atoms with Crippen molar-refractivity contribution in [3.63, 3.8) is 0 Å². The molecule has 0 spiro atoms.